The number of nitrogens with one attached hydrogen (secondary N) is 1. The molecule has 1 unspecified atom stereocenters. The van der Waals surface area contributed by atoms with E-state index in [0.717, 1.165) is 35.9 Å². The van der Waals surface area contributed by atoms with Crippen LogP contribution in [0.25, 0.3) is 5.69 Å². The van der Waals surface area contributed by atoms with Gasteiger partial charge in [-0.25, -0.2) is 4.68 Å². The predicted octanol–water partition coefficient (Wildman–Crippen LogP) is 4.72. The van der Waals surface area contributed by atoms with Crippen molar-refractivity contribution in [1.29, 1.82) is 0 Å². The van der Waals surface area contributed by atoms with E-state index in [-0.39, 0.29) is 5.91 Å². The molecule has 1 atom stereocenters. The van der Waals surface area contributed by atoms with Crippen LogP contribution in [0.4, 0.5) is 5.69 Å². The van der Waals surface area contributed by atoms with Gasteiger partial charge in [0.1, 0.15) is 0 Å². The number of amides is 1. The lowest BCUT2D eigenvalue weighted by atomic mass is 10.1. The van der Waals surface area contributed by atoms with Gasteiger partial charge in [0, 0.05) is 19.0 Å². The Morgan fingerprint density at radius 2 is 2.07 bits per heavy atom. The molecule has 1 saturated heterocycles. The van der Waals surface area contributed by atoms with Crippen LogP contribution in [0.15, 0.2) is 47.2 Å². The van der Waals surface area contributed by atoms with E-state index in [2.05, 4.69) is 32.1 Å². The molecule has 1 amide bonds. The van der Waals surface area contributed by atoms with Crippen molar-refractivity contribution in [2.45, 2.75) is 39.2 Å². The van der Waals surface area contributed by atoms with Gasteiger partial charge < -0.3 is 5.32 Å². The van der Waals surface area contributed by atoms with Gasteiger partial charge in [-0.1, -0.05) is 18.2 Å². The van der Waals surface area contributed by atoms with E-state index in [1.165, 1.54) is 18.4 Å². The second kappa shape index (κ2) is 8.29. The summed E-state index contributed by atoms with van der Waals surface area (Å²) in [5, 5.41) is 12.1. The molecular weight excluding hydrogens is 368 g/mol. The Hall–Kier alpha value is -2.44. The number of aromatic nitrogens is 2. The molecule has 5 nitrogen and oxygen atoms in total. The molecule has 0 bridgehead atoms. The van der Waals surface area contributed by atoms with Crippen molar-refractivity contribution in [2.24, 2.45) is 0 Å². The molecule has 6 heteroatoms. The van der Waals surface area contributed by atoms with Crippen molar-refractivity contribution in [2.75, 3.05) is 18.4 Å². The van der Waals surface area contributed by atoms with E-state index in [4.69, 9.17) is 0 Å². The highest BCUT2D eigenvalue weighted by atomic mass is 32.1. The van der Waals surface area contributed by atoms with Gasteiger partial charge in [0.2, 0.25) is 5.91 Å². The summed E-state index contributed by atoms with van der Waals surface area (Å²) in [6.07, 6.45) is 2.88. The Bertz CT molecular complexity index is 933. The SMILES string of the molecule is Cc1nn(-c2ccccc2)c(C)c1NC(=O)CCN1CCCC1c1ccsc1. The van der Waals surface area contributed by atoms with Crippen LogP contribution >= 0.6 is 11.3 Å². The molecule has 1 fully saturated rings. The molecule has 1 aliphatic heterocycles. The number of rotatable bonds is 6. The van der Waals surface area contributed by atoms with Crippen LogP contribution in [0, 0.1) is 13.8 Å². The van der Waals surface area contributed by atoms with Gasteiger partial charge in [0.15, 0.2) is 0 Å². The first-order valence-electron chi connectivity index (χ1n) is 9.81. The quantitative estimate of drug-likeness (QED) is 0.658. The normalized spacial score (nSPS) is 17.1. The van der Waals surface area contributed by atoms with E-state index >= 15 is 0 Å². The zero-order valence-corrected chi connectivity index (χ0v) is 17.2. The van der Waals surface area contributed by atoms with Gasteiger partial charge in [0.05, 0.1) is 22.8 Å². The Morgan fingerprint density at radius 3 is 2.82 bits per heavy atom. The smallest absolute Gasteiger partial charge is 0.225 e. The number of thiophene rings is 1. The molecule has 1 N–H and O–H groups in total. The summed E-state index contributed by atoms with van der Waals surface area (Å²) in [7, 11) is 0. The van der Waals surface area contributed by atoms with Gasteiger partial charge in [0.25, 0.3) is 0 Å². The summed E-state index contributed by atoms with van der Waals surface area (Å²) < 4.78 is 1.89. The van der Waals surface area contributed by atoms with E-state index in [0.29, 0.717) is 12.5 Å². The largest absolute Gasteiger partial charge is 0.323 e. The number of carbonyl (C=O) groups is 1. The fourth-order valence-electron chi connectivity index (χ4n) is 4.03. The zero-order valence-electron chi connectivity index (χ0n) is 16.4. The summed E-state index contributed by atoms with van der Waals surface area (Å²) in [4.78, 5) is 15.1. The van der Waals surface area contributed by atoms with Gasteiger partial charge >= 0.3 is 0 Å². The van der Waals surface area contributed by atoms with Gasteiger partial charge in [-0.2, -0.15) is 16.4 Å². The third-order valence-electron chi connectivity index (χ3n) is 5.47. The maximum Gasteiger partial charge on any atom is 0.225 e. The number of hydrogen-bond acceptors (Lipinski definition) is 4. The highest BCUT2D eigenvalue weighted by molar-refractivity contribution is 7.07. The van der Waals surface area contributed by atoms with E-state index in [1.54, 1.807) is 11.3 Å². The summed E-state index contributed by atoms with van der Waals surface area (Å²) in [6.45, 7) is 5.79. The molecule has 146 valence electrons. The molecule has 28 heavy (non-hydrogen) atoms. The molecule has 0 spiro atoms. The number of carbonyl (C=O) groups excluding carboxylic acids is 1. The van der Waals surface area contributed by atoms with Crippen molar-refractivity contribution < 1.29 is 4.79 Å². The second-order valence-corrected chi connectivity index (χ2v) is 8.12. The summed E-state index contributed by atoms with van der Waals surface area (Å²) in [5.74, 6) is 0.0507. The molecule has 3 heterocycles. The molecule has 0 radical (unpaired) electrons. The third-order valence-corrected chi connectivity index (χ3v) is 6.18. The zero-order chi connectivity index (χ0) is 19.5. The molecule has 0 aliphatic carbocycles. The summed E-state index contributed by atoms with van der Waals surface area (Å²) in [5.41, 5.74) is 5.00. The van der Waals surface area contributed by atoms with Gasteiger partial charge in [-0.3, -0.25) is 9.69 Å². The molecule has 1 aliphatic rings. The second-order valence-electron chi connectivity index (χ2n) is 7.34. The monoisotopic (exact) mass is 394 g/mol. The Labute approximate surface area is 170 Å². The maximum absolute atomic E-state index is 12.6. The first kappa shape index (κ1) is 18.9. The lowest BCUT2D eigenvalue weighted by Crippen LogP contribution is -2.27. The van der Waals surface area contributed by atoms with Gasteiger partial charge in [-0.05, 0) is 67.8 Å². The van der Waals surface area contributed by atoms with Crippen molar-refractivity contribution in [3.63, 3.8) is 0 Å². The average Bonchev–Trinajstić information content (AvgIpc) is 3.44. The number of hydrogen-bond donors (Lipinski definition) is 1. The van der Waals surface area contributed by atoms with Crippen LogP contribution in [0.5, 0.6) is 0 Å². The van der Waals surface area contributed by atoms with Crippen LogP contribution in [0.1, 0.15) is 42.3 Å². The molecule has 0 saturated carbocycles. The fourth-order valence-corrected chi connectivity index (χ4v) is 4.73. The van der Waals surface area contributed by atoms with Crippen LogP contribution in [-0.2, 0) is 4.79 Å². The Morgan fingerprint density at radius 1 is 1.25 bits per heavy atom. The first-order valence-corrected chi connectivity index (χ1v) is 10.8. The number of aryl methyl sites for hydroxylation is 1. The predicted molar refractivity (Wildman–Crippen MR) is 114 cm³/mol. The van der Waals surface area contributed by atoms with Crippen LogP contribution < -0.4 is 5.32 Å². The minimum absolute atomic E-state index is 0.0507. The topological polar surface area (TPSA) is 50.2 Å². The molecule has 1 aromatic carbocycles. The van der Waals surface area contributed by atoms with Crippen molar-refractivity contribution in [1.82, 2.24) is 14.7 Å². The van der Waals surface area contributed by atoms with Gasteiger partial charge in [-0.15, -0.1) is 0 Å². The lowest BCUT2D eigenvalue weighted by Gasteiger charge is -2.23. The molecule has 3 aromatic rings. The minimum Gasteiger partial charge on any atom is -0.323 e. The van der Waals surface area contributed by atoms with E-state index in [9.17, 15) is 4.79 Å². The number of anilines is 1. The third kappa shape index (κ3) is 3.88. The Balaban J connectivity index is 1.40. The average molecular weight is 395 g/mol. The fraction of sp³-hybridized carbons (Fsp3) is 0.364. The highest BCUT2D eigenvalue weighted by Crippen LogP contribution is 2.33. The summed E-state index contributed by atoms with van der Waals surface area (Å²) >= 11 is 1.74. The van der Waals surface area contributed by atoms with E-state index < -0.39 is 0 Å². The minimum atomic E-state index is 0.0507. The van der Waals surface area contributed by atoms with Crippen LogP contribution in [-0.4, -0.2) is 33.7 Å². The molecule has 4 rings (SSSR count). The molecular formula is C22H26N4OS. The number of likely N-dealkylation sites (tertiary alicyclic amines) is 1. The number of para-hydroxylation sites is 1. The van der Waals surface area contributed by atoms with Crippen molar-refractivity contribution in [3.8, 4) is 5.69 Å². The van der Waals surface area contributed by atoms with Crippen molar-refractivity contribution in [3.05, 3.63) is 64.1 Å². The molecule has 2 aromatic heterocycles. The lowest BCUT2D eigenvalue weighted by molar-refractivity contribution is -0.116. The van der Waals surface area contributed by atoms with Crippen molar-refractivity contribution >= 4 is 22.9 Å². The summed E-state index contributed by atoms with van der Waals surface area (Å²) in [6, 6.07) is 12.7. The number of nitrogens with zero attached hydrogens (tertiary/aromatic N) is 3. The van der Waals surface area contributed by atoms with Crippen LogP contribution in [0.2, 0.25) is 0 Å². The maximum atomic E-state index is 12.6. The standard InChI is InChI=1S/C22H26N4OS/c1-16-22(17(2)26(24-16)19-7-4-3-5-8-19)23-21(27)10-13-25-12-6-9-20(25)18-11-14-28-15-18/h3-5,7-8,11,14-15,20H,6,9-10,12-13H2,1-2H3,(H,23,27). The number of benzene rings is 1. The van der Waals surface area contributed by atoms with Crippen LogP contribution in [0.3, 0.4) is 0 Å². The Kier molecular flexibility index (Phi) is 5.59. The highest BCUT2D eigenvalue weighted by Gasteiger charge is 2.26. The first-order chi connectivity index (χ1) is 13.6. The van der Waals surface area contributed by atoms with E-state index in [1.807, 2.05) is 48.9 Å².